The summed E-state index contributed by atoms with van der Waals surface area (Å²) in [5.41, 5.74) is 0.0133. The van der Waals surface area contributed by atoms with Gasteiger partial charge in [0.2, 0.25) is 5.91 Å². The third kappa shape index (κ3) is 5.83. The molecule has 112 valence electrons. The van der Waals surface area contributed by atoms with Gasteiger partial charge in [-0.15, -0.1) is 0 Å². The number of ether oxygens (including phenoxy) is 1. The van der Waals surface area contributed by atoms with Crippen LogP contribution in [0.5, 0.6) is 0 Å². The summed E-state index contributed by atoms with van der Waals surface area (Å²) in [5.74, 6) is -1.13. The lowest BCUT2D eigenvalue weighted by atomic mass is 9.85. The number of anilines is 1. The Balaban J connectivity index is 2.49. The Bertz CT molecular complexity index is 468. The first kappa shape index (κ1) is 16.2. The molecule has 20 heavy (non-hydrogen) atoms. The van der Waals surface area contributed by atoms with E-state index in [1.807, 2.05) is 0 Å². The van der Waals surface area contributed by atoms with E-state index in [9.17, 15) is 9.59 Å². The molecule has 0 aliphatic carbocycles. The van der Waals surface area contributed by atoms with Gasteiger partial charge in [0.25, 0.3) is 0 Å². The fourth-order valence-corrected chi connectivity index (χ4v) is 1.85. The molecule has 0 spiro atoms. The Kier molecular flexibility index (Phi) is 5.69. The number of aromatic nitrogens is 2. The minimum atomic E-state index is -0.907. The molecule has 7 nitrogen and oxygen atoms in total. The van der Waals surface area contributed by atoms with Crippen molar-refractivity contribution in [3.63, 3.8) is 0 Å². The summed E-state index contributed by atoms with van der Waals surface area (Å²) < 4.78 is 6.60. The highest BCUT2D eigenvalue weighted by atomic mass is 16.5. The molecule has 0 aliphatic heterocycles. The smallest absolute Gasteiger partial charge is 0.303 e. The van der Waals surface area contributed by atoms with Gasteiger partial charge >= 0.3 is 5.97 Å². The molecule has 0 atom stereocenters. The van der Waals surface area contributed by atoms with Gasteiger partial charge in [0.15, 0.2) is 0 Å². The van der Waals surface area contributed by atoms with Crippen LogP contribution in [-0.4, -0.2) is 40.5 Å². The lowest BCUT2D eigenvalue weighted by Crippen LogP contribution is -2.24. The summed E-state index contributed by atoms with van der Waals surface area (Å²) in [5, 5.41) is 15.6. The lowest BCUT2D eigenvalue weighted by Gasteiger charge is -2.21. The highest BCUT2D eigenvalue weighted by Gasteiger charge is 2.25. The van der Waals surface area contributed by atoms with Crippen LogP contribution in [0.3, 0.4) is 0 Å². The maximum atomic E-state index is 11.9. The zero-order valence-electron chi connectivity index (χ0n) is 12.0. The van der Waals surface area contributed by atoms with Crippen LogP contribution in [0, 0.1) is 5.41 Å². The zero-order valence-corrected chi connectivity index (χ0v) is 12.0. The van der Waals surface area contributed by atoms with E-state index in [4.69, 9.17) is 9.84 Å². The van der Waals surface area contributed by atoms with Crippen molar-refractivity contribution in [2.75, 3.05) is 19.0 Å². The molecule has 0 aliphatic rings. The van der Waals surface area contributed by atoms with Crippen molar-refractivity contribution in [3.05, 3.63) is 12.4 Å². The van der Waals surface area contributed by atoms with Crippen LogP contribution in [-0.2, 0) is 20.9 Å². The quantitative estimate of drug-likeness (QED) is 0.751. The third-order valence-corrected chi connectivity index (χ3v) is 2.71. The first-order valence-corrected chi connectivity index (χ1v) is 6.35. The van der Waals surface area contributed by atoms with Gasteiger partial charge in [0.05, 0.1) is 31.5 Å². The Morgan fingerprint density at radius 2 is 2.15 bits per heavy atom. The number of hydrogen-bond acceptors (Lipinski definition) is 4. The molecule has 0 fully saturated rings. The number of nitrogens with one attached hydrogen (secondary N) is 1. The van der Waals surface area contributed by atoms with Crippen molar-refractivity contribution in [1.82, 2.24) is 9.78 Å². The van der Waals surface area contributed by atoms with Crippen LogP contribution >= 0.6 is 0 Å². The van der Waals surface area contributed by atoms with Gasteiger partial charge < -0.3 is 15.2 Å². The number of carboxylic acid groups (broad SMARTS) is 1. The summed E-state index contributed by atoms with van der Waals surface area (Å²) >= 11 is 0. The van der Waals surface area contributed by atoms with Crippen molar-refractivity contribution in [2.24, 2.45) is 5.41 Å². The Hall–Kier alpha value is -1.89. The average Bonchev–Trinajstić information content (AvgIpc) is 2.70. The summed E-state index contributed by atoms with van der Waals surface area (Å²) in [4.78, 5) is 22.6. The number of carbonyl (C=O) groups excluding carboxylic acids is 1. The molecule has 1 aromatic rings. The van der Waals surface area contributed by atoms with Crippen molar-refractivity contribution >= 4 is 17.6 Å². The Morgan fingerprint density at radius 3 is 2.75 bits per heavy atom. The molecule has 0 saturated heterocycles. The van der Waals surface area contributed by atoms with Gasteiger partial charge in [-0.3, -0.25) is 14.3 Å². The standard InChI is InChI=1S/C13H21N3O4/c1-13(2,7-12(18)19)6-11(17)15-10-8-14-16(9-10)4-5-20-3/h8-9H,4-7H2,1-3H3,(H,15,17)(H,18,19). The number of carboxylic acids is 1. The molecule has 1 rings (SSSR count). The van der Waals surface area contributed by atoms with Gasteiger partial charge in [0.1, 0.15) is 0 Å². The monoisotopic (exact) mass is 283 g/mol. The predicted molar refractivity (Wildman–Crippen MR) is 73.4 cm³/mol. The van der Waals surface area contributed by atoms with E-state index in [0.29, 0.717) is 18.8 Å². The molecule has 2 N–H and O–H groups in total. The SMILES string of the molecule is COCCn1cc(NC(=O)CC(C)(C)CC(=O)O)cn1. The molecule has 1 heterocycles. The maximum absolute atomic E-state index is 11.9. The second kappa shape index (κ2) is 7.04. The van der Waals surface area contributed by atoms with Gasteiger partial charge in [-0.2, -0.15) is 5.10 Å². The summed E-state index contributed by atoms with van der Waals surface area (Å²) in [6, 6.07) is 0. The predicted octanol–water partition coefficient (Wildman–Crippen LogP) is 1.36. The highest BCUT2D eigenvalue weighted by molar-refractivity contribution is 5.91. The number of hydrogen-bond donors (Lipinski definition) is 2. The summed E-state index contributed by atoms with van der Waals surface area (Å²) in [7, 11) is 1.61. The minimum Gasteiger partial charge on any atom is -0.481 e. The van der Waals surface area contributed by atoms with Crippen LogP contribution in [0.25, 0.3) is 0 Å². The van der Waals surface area contributed by atoms with Crippen molar-refractivity contribution < 1.29 is 19.4 Å². The molecule has 1 aromatic heterocycles. The third-order valence-electron chi connectivity index (χ3n) is 2.71. The van der Waals surface area contributed by atoms with E-state index in [1.54, 1.807) is 38.0 Å². The molecule has 1 amide bonds. The second-order valence-electron chi connectivity index (χ2n) is 5.44. The van der Waals surface area contributed by atoms with Gasteiger partial charge in [-0.1, -0.05) is 13.8 Å². The van der Waals surface area contributed by atoms with Crippen molar-refractivity contribution in [2.45, 2.75) is 33.2 Å². The molecule has 7 heteroatoms. The number of carbonyl (C=O) groups is 2. The first-order valence-electron chi connectivity index (χ1n) is 6.35. The normalized spacial score (nSPS) is 11.3. The van der Waals surface area contributed by atoms with E-state index >= 15 is 0 Å². The highest BCUT2D eigenvalue weighted by Crippen LogP contribution is 2.25. The average molecular weight is 283 g/mol. The topological polar surface area (TPSA) is 93.5 Å². The molecule has 0 unspecified atom stereocenters. The number of amides is 1. The lowest BCUT2D eigenvalue weighted by molar-refractivity contribution is -0.139. The van der Waals surface area contributed by atoms with Crippen LogP contribution < -0.4 is 5.32 Å². The Morgan fingerprint density at radius 1 is 1.45 bits per heavy atom. The maximum Gasteiger partial charge on any atom is 0.303 e. The molecule has 0 aromatic carbocycles. The second-order valence-corrected chi connectivity index (χ2v) is 5.44. The van der Waals surface area contributed by atoms with E-state index in [-0.39, 0.29) is 18.7 Å². The number of nitrogens with zero attached hydrogens (tertiary/aromatic N) is 2. The molecule has 0 saturated carbocycles. The van der Waals surface area contributed by atoms with Crippen LogP contribution in [0.2, 0.25) is 0 Å². The molecular weight excluding hydrogens is 262 g/mol. The van der Waals surface area contributed by atoms with Gasteiger partial charge in [0, 0.05) is 19.7 Å². The molecule has 0 radical (unpaired) electrons. The number of rotatable bonds is 8. The summed E-state index contributed by atoms with van der Waals surface area (Å²) in [6.07, 6.45) is 3.36. The summed E-state index contributed by atoms with van der Waals surface area (Å²) in [6.45, 7) is 4.66. The van der Waals surface area contributed by atoms with Crippen LogP contribution in [0.1, 0.15) is 26.7 Å². The van der Waals surface area contributed by atoms with E-state index in [0.717, 1.165) is 0 Å². The number of methoxy groups -OCH3 is 1. The van der Waals surface area contributed by atoms with E-state index < -0.39 is 11.4 Å². The molecule has 0 bridgehead atoms. The minimum absolute atomic E-state index is 0.0481. The fraction of sp³-hybridized carbons (Fsp3) is 0.615. The van der Waals surface area contributed by atoms with Gasteiger partial charge in [-0.25, -0.2) is 0 Å². The fourth-order valence-electron chi connectivity index (χ4n) is 1.85. The van der Waals surface area contributed by atoms with Crippen molar-refractivity contribution in [3.8, 4) is 0 Å². The molecular formula is C13H21N3O4. The van der Waals surface area contributed by atoms with E-state index in [2.05, 4.69) is 10.4 Å². The zero-order chi connectivity index (χ0) is 15.2. The first-order chi connectivity index (χ1) is 9.32. The van der Waals surface area contributed by atoms with Crippen molar-refractivity contribution in [1.29, 1.82) is 0 Å². The number of aliphatic carboxylic acids is 1. The largest absolute Gasteiger partial charge is 0.481 e. The van der Waals surface area contributed by atoms with Crippen LogP contribution in [0.4, 0.5) is 5.69 Å². The van der Waals surface area contributed by atoms with Crippen LogP contribution in [0.15, 0.2) is 12.4 Å². The van der Waals surface area contributed by atoms with Gasteiger partial charge in [-0.05, 0) is 5.41 Å². The Labute approximate surface area is 117 Å². The van der Waals surface area contributed by atoms with E-state index in [1.165, 1.54) is 0 Å².